The number of esters is 1. The molecule has 0 unspecified atom stereocenters. The van der Waals surface area contributed by atoms with Gasteiger partial charge in [0.05, 0.1) is 0 Å². The van der Waals surface area contributed by atoms with Gasteiger partial charge in [-0.1, -0.05) is 47.6 Å². The van der Waals surface area contributed by atoms with E-state index in [9.17, 15) is 10.1 Å². The fourth-order valence-electron chi connectivity index (χ4n) is 11.8. The van der Waals surface area contributed by atoms with Crippen molar-refractivity contribution in [2.45, 2.75) is 132 Å². The van der Waals surface area contributed by atoms with E-state index in [1.54, 1.807) is 6.92 Å². The maximum Gasteiger partial charge on any atom is 0.302 e. The van der Waals surface area contributed by atoms with Crippen molar-refractivity contribution in [3.05, 3.63) is 11.6 Å². The zero-order valence-corrected chi connectivity index (χ0v) is 24.5. The third-order valence-electron chi connectivity index (χ3n) is 14.0. The SMILES string of the molecule is CC(=O)O[C@H]1CC[C@]2(C)[C@H]3CC[C@@H]4[C@@H]5[C@](C)(CC=C(C)[C@@]5(C)OO)CC[C@@]4(C)[C@]3(C)CC[C@H]2C1(C)C. The minimum Gasteiger partial charge on any atom is -0.462 e. The van der Waals surface area contributed by atoms with Gasteiger partial charge in [-0.15, -0.1) is 0 Å². The largest absolute Gasteiger partial charge is 0.462 e. The summed E-state index contributed by atoms with van der Waals surface area (Å²) in [5.41, 5.74) is 1.52. The molecule has 4 fully saturated rings. The molecule has 0 aromatic carbocycles. The van der Waals surface area contributed by atoms with Gasteiger partial charge in [0.25, 0.3) is 0 Å². The van der Waals surface area contributed by atoms with E-state index in [2.05, 4.69) is 61.5 Å². The molecule has 0 aliphatic heterocycles. The molecule has 0 aromatic heterocycles. The molecule has 0 spiro atoms. The molecule has 36 heavy (non-hydrogen) atoms. The van der Waals surface area contributed by atoms with Crippen LogP contribution in [-0.2, 0) is 14.4 Å². The Balaban J connectivity index is 1.53. The zero-order chi connectivity index (χ0) is 26.5. The summed E-state index contributed by atoms with van der Waals surface area (Å²) in [5.74, 6) is 1.98. The summed E-state index contributed by atoms with van der Waals surface area (Å²) in [5, 5.41) is 10.3. The molecule has 0 aromatic rings. The molecule has 5 aliphatic carbocycles. The molecule has 0 saturated heterocycles. The molecule has 0 heterocycles. The standard InChI is InChI=1S/C32H52O4/c1-20-12-15-28(5)18-19-30(7)22(26(28)32(20,9)36-34)10-11-24-29(6)16-14-25(35-21(2)33)27(3,4)23(29)13-17-31(24,30)8/h12,22-26,34H,10-11,13-19H2,1-9H3/t22-,23+,24-,25+,26-,28-,29+,30-,31-,32-/m1/s1. The first-order valence-electron chi connectivity index (χ1n) is 14.8. The van der Waals surface area contributed by atoms with Crippen LogP contribution < -0.4 is 0 Å². The Bertz CT molecular complexity index is 954. The van der Waals surface area contributed by atoms with E-state index in [4.69, 9.17) is 9.62 Å². The monoisotopic (exact) mass is 500 g/mol. The highest BCUT2D eigenvalue weighted by atomic mass is 17.1. The van der Waals surface area contributed by atoms with Crippen molar-refractivity contribution in [2.75, 3.05) is 0 Å². The predicted octanol–water partition coefficient (Wildman–Crippen LogP) is 8.21. The minimum atomic E-state index is -0.603. The van der Waals surface area contributed by atoms with E-state index >= 15 is 0 Å². The lowest BCUT2D eigenvalue weighted by atomic mass is 9.31. The first-order valence-corrected chi connectivity index (χ1v) is 14.8. The average Bonchev–Trinajstić information content (AvgIpc) is 2.79. The molecule has 0 radical (unpaired) electrons. The lowest BCUT2D eigenvalue weighted by molar-refractivity contribution is -0.352. The van der Waals surface area contributed by atoms with E-state index in [0.717, 1.165) is 19.3 Å². The van der Waals surface area contributed by atoms with Crippen molar-refractivity contribution in [2.24, 2.45) is 50.7 Å². The Morgan fingerprint density at radius 2 is 1.58 bits per heavy atom. The molecular weight excluding hydrogens is 448 g/mol. The molecule has 4 heteroatoms. The highest BCUT2D eigenvalue weighted by Crippen LogP contribution is 2.77. The van der Waals surface area contributed by atoms with Crippen molar-refractivity contribution < 1.29 is 19.7 Å². The maximum absolute atomic E-state index is 11.9. The minimum absolute atomic E-state index is 0.00251. The van der Waals surface area contributed by atoms with Crippen LogP contribution in [0.3, 0.4) is 0 Å². The van der Waals surface area contributed by atoms with E-state index in [-0.39, 0.29) is 39.1 Å². The van der Waals surface area contributed by atoms with Gasteiger partial charge in [-0.05, 0) is 117 Å². The first-order chi connectivity index (χ1) is 16.6. The lowest BCUT2D eigenvalue weighted by Gasteiger charge is -2.74. The van der Waals surface area contributed by atoms with Crippen molar-refractivity contribution in [3.8, 4) is 0 Å². The summed E-state index contributed by atoms with van der Waals surface area (Å²) in [6.07, 6.45) is 13.0. The quantitative estimate of drug-likeness (QED) is 0.180. The number of hydrogen-bond donors (Lipinski definition) is 1. The Kier molecular flexibility index (Phi) is 5.99. The van der Waals surface area contributed by atoms with Crippen LogP contribution in [0.4, 0.5) is 0 Å². The van der Waals surface area contributed by atoms with Crippen LogP contribution in [0, 0.1) is 50.7 Å². The number of fused-ring (bicyclic) bond motifs is 7. The zero-order valence-electron chi connectivity index (χ0n) is 24.5. The fourth-order valence-corrected chi connectivity index (χ4v) is 11.8. The van der Waals surface area contributed by atoms with Crippen LogP contribution in [0.2, 0.25) is 0 Å². The summed E-state index contributed by atoms with van der Waals surface area (Å²) >= 11 is 0. The Morgan fingerprint density at radius 1 is 0.889 bits per heavy atom. The molecular formula is C32H52O4. The summed E-state index contributed by atoms with van der Waals surface area (Å²) in [6, 6.07) is 0. The van der Waals surface area contributed by atoms with Crippen LogP contribution in [0.1, 0.15) is 120 Å². The highest BCUT2D eigenvalue weighted by molar-refractivity contribution is 5.66. The number of carbonyl (C=O) groups is 1. The average molecular weight is 501 g/mol. The topological polar surface area (TPSA) is 55.8 Å². The first kappa shape index (κ1) is 26.7. The second-order valence-corrected chi connectivity index (χ2v) is 15.5. The van der Waals surface area contributed by atoms with E-state index in [0.29, 0.717) is 23.7 Å². The molecule has 5 rings (SSSR count). The van der Waals surface area contributed by atoms with Crippen molar-refractivity contribution in [1.29, 1.82) is 0 Å². The van der Waals surface area contributed by atoms with Gasteiger partial charge in [-0.25, -0.2) is 4.89 Å². The maximum atomic E-state index is 11.9. The van der Waals surface area contributed by atoms with Crippen LogP contribution in [0.15, 0.2) is 11.6 Å². The van der Waals surface area contributed by atoms with Gasteiger partial charge >= 0.3 is 5.97 Å². The normalized spacial score (nSPS) is 53.7. The highest BCUT2D eigenvalue weighted by Gasteiger charge is 2.71. The van der Waals surface area contributed by atoms with Gasteiger partial charge in [0.15, 0.2) is 0 Å². The Morgan fingerprint density at radius 3 is 2.22 bits per heavy atom. The van der Waals surface area contributed by atoms with E-state index in [1.807, 2.05) is 0 Å². The number of allylic oxidation sites excluding steroid dienone is 1. The molecule has 4 saturated carbocycles. The van der Waals surface area contributed by atoms with E-state index in [1.165, 1.54) is 44.1 Å². The molecule has 5 aliphatic rings. The molecule has 0 amide bonds. The Hall–Kier alpha value is -0.870. The molecule has 1 N–H and O–H groups in total. The lowest BCUT2D eigenvalue weighted by Crippen LogP contribution is -2.69. The third-order valence-corrected chi connectivity index (χ3v) is 14.0. The van der Waals surface area contributed by atoms with Gasteiger partial charge in [-0.2, -0.15) is 0 Å². The Labute approximate surface area is 219 Å². The molecule has 0 bridgehead atoms. The van der Waals surface area contributed by atoms with E-state index < -0.39 is 5.60 Å². The summed E-state index contributed by atoms with van der Waals surface area (Å²) in [7, 11) is 0. The van der Waals surface area contributed by atoms with Crippen molar-refractivity contribution >= 4 is 5.97 Å². The fraction of sp³-hybridized carbons (Fsp3) is 0.906. The summed E-state index contributed by atoms with van der Waals surface area (Å²) in [6.45, 7) is 20.9. The number of carbonyl (C=O) groups excluding carboxylic acids is 1. The number of ether oxygens (including phenoxy) is 1. The molecule has 10 atom stereocenters. The van der Waals surface area contributed by atoms with Crippen LogP contribution >= 0.6 is 0 Å². The van der Waals surface area contributed by atoms with Gasteiger partial charge in [0.1, 0.15) is 11.7 Å². The van der Waals surface area contributed by atoms with Crippen LogP contribution in [0.25, 0.3) is 0 Å². The number of rotatable bonds is 2. The smallest absolute Gasteiger partial charge is 0.302 e. The predicted molar refractivity (Wildman–Crippen MR) is 143 cm³/mol. The van der Waals surface area contributed by atoms with Crippen LogP contribution in [-0.4, -0.2) is 22.9 Å². The van der Waals surface area contributed by atoms with Gasteiger partial charge < -0.3 is 4.74 Å². The van der Waals surface area contributed by atoms with Crippen molar-refractivity contribution in [3.63, 3.8) is 0 Å². The second-order valence-electron chi connectivity index (χ2n) is 15.5. The van der Waals surface area contributed by atoms with Crippen LogP contribution in [0.5, 0.6) is 0 Å². The molecule has 204 valence electrons. The van der Waals surface area contributed by atoms with Gasteiger partial charge in [0.2, 0.25) is 0 Å². The van der Waals surface area contributed by atoms with Gasteiger partial charge in [0, 0.05) is 18.3 Å². The summed E-state index contributed by atoms with van der Waals surface area (Å²) in [4.78, 5) is 17.4. The second kappa shape index (κ2) is 8.07. The molecule has 4 nitrogen and oxygen atoms in total. The number of hydrogen-bond acceptors (Lipinski definition) is 4. The summed E-state index contributed by atoms with van der Waals surface area (Å²) < 4.78 is 5.90. The van der Waals surface area contributed by atoms with Crippen molar-refractivity contribution in [1.82, 2.24) is 0 Å². The third kappa shape index (κ3) is 3.22. The van der Waals surface area contributed by atoms with Gasteiger partial charge in [-0.3, -0.25) is 10.1 Å².